The zero-order chi connectivity index (χ0) is 11.9. The maximum absolute atomic E-state index is 13.1. The average Bonchev–Trinajstić information content (AvgIpc) is 2.23. The first-order valence-corrected chi connectivity index (χ1v) is 5.34. The molecule has 2 atom stereocenters. The Hall–Kier alpha value is -1.29. The van der Waals surface area contributed by atoms with Gasteiger partial charge in [-0.05, 0) is 18.6 Å². The fourth-order valence-electron chi connectivity index (χ4n) is 1.95. The summed E-state index contributed by atoms with van der Waals surface area (Å²) >= 11 is 0. The quantitative estimate of drug-likeness (QED) is 0.676. The third-order valence-electron chi connectivity index (χ3n) is 3.50. The Morgan fingerprint density at radius 2 is 2.12 bits per heavy atom. The Labute approximate surface area is 93.9 Å². The van der Waals surface area contributed by atoms with Gasteiger partial charge in [-0.2, -0.15) is 0 Å². The van der Waals surface area contributed by atoms with Gasteiger partial charge in [-0.25, -0.2) is 4.39 Å². The van der Waals surface area contributed by atoms with Crippen LogP contribution >= 0.6 is 0 Å². The minimum Gasteiger partial charge on any atom is -0.505 e. The van der Waals surface area contributed by atoms with E-state index in [1.807, 2.05) is 13.8 Å². The molecular weight excluding hydrogens is 209 g/mol. The molecule has 0 aromatic heterocycles. The molecule has 2 rings (SSSR count). The Balaban J connectivity index is 2.08. The normalized spacial score (nSPS) is 27.2. The molecule has 1 aliphatic carbocycles. The molecule has 3 nitrogen and oxygen atoms in total. The summed E-state index contributed by atoms with van der Waals surface area (Å²) < 4.78 is 13.1. The van der Waals surface area contributed by atoms with Crippen LogP contribution in [0.1, 0.15) is 20.3 Å². The number of halogens is 1. The fourth-order valence-corrected chi connectivity index (χ4v) is 1.95. The number of aliphatic hydroxyl groups is 1. The number of aromatic hydroxyl groups is 1. The van der Waals surface area contributed by atoms with E-state index in [2.05, 4.69) is 5.32 Å². The molecule has 0 spiro atoms. The van der Waals surface area contributed by atoms with E-state index in [1.54, 1.807) is 6.07 Å². The van der Waals surface area contributed by atoms with Crippen molar-refractivity contribution in [3.8, 4) is 5.75 Å². The maximum atomic E-state index is 13.1. The summed E-state index contributed by atoms with van der Waals surface area (Å²) in [7, 11) is 0. The van der Waals surface area contributed by atoms with E-state index in [4.69, 9.17) is 5.11 Å². The molecule has 0 saturated heterocycles. The van der Waals surface area contributed by atoms with Gasteiger partial charge >= 0.3 is 0 Å². The molecule has 1 aromatic rings. The van der Waals surface area contributed by atoms with E-state index >= 15 is 0 Å². The Bertz CT molecular complexity index is 406. The lowest BCUT2D eigenvalue weighted by Crippen LogP contribution is -2.56. The monoisotopic (exact) mass is 225 g/mol. The van der Waals surface area contributed by atoms with Crippen LogP contribution in [0.15, 0.2) is 18.2 Å². The molecule has 1 saturated carbocycles. The van der Waals surface area contributed by atoms with Gasteiger partial charge in [-0.1, -0.05) is 13.8 Å². The molecule has 2 unspecified atom stereocenters. The Morgan fingerprint density at radius 3 is 2.62 bits per heavy atom. The molecule has 1 aromatic carbocycles. The Morgan fingerprint density at radius 1 is 1.44 bits per heavy atom. The standard InChI is InChI=1S/C12H16FNO2/c1-12(2)10(6-11(12)16)14-7-3-4-9(15)8(13)5-7/h3-5,10-11,14-16H,6H2,1-2H3. The fraction of sp³-hybridized carbons (Fsp3) is 0.500. The van der Waals surface area contributed by atoms with Crippen molar-refractivity contribution in [3.05, 3.63) is 24.0 Å². The van der Waals surface area contributed by atoms with Crippen molar-refractivity contribution in [1.82, 2.24) is 0 Å². The molecule has 88 valence electrons. The number of aliphatic hydroxyl groups excluding tert-OH is 1. The van der Waals surface area contributed by atoms with Gasteiger partial charge in [0.25, 0.3) is 0 Å². The lowest BCUT2D eigenvalue weighted by molar-refractivity contribution is -0.0510. The molecular formula is C12H16FNO2. The smallest absolute Gasteiger partial charge is 0.166 e. The van der Waals surface area contributed by atoms with E-state index in [0.29, 0.717) is 12.1 Å². The number of benzene rings is 1. The highest BCUT2D eigenvalue weighted by molar-refractivity contribution is 5.48. The highest BCUT2D eigenvalue weighted by Gasteiger charge is 2.47. The van der Waals surface area contributed by atoms with Crippen molar-refractivity contribution in [1.29, 1.82) is 0 Å². The van der Waals surface area contributed by atoms with Crippen molar-refractivity contribution in [2.45, 2.75) is 32.4 Å². The molecule has 1 aliphatic rings. The van der Waals surface area contributed by atoms with Crippen LogP contribution in [0.3, 0.4) is 0 Å². The van der Waals surface area contributed by atoms with Crippen LogP contribution in [-0.2, 0) is 0 Å². The van der Waals surface area contributed by atoms with Gasteiger partial charge in [0.15, 0.2) is 11.6 Å². The van der Waals surface area contributed by atoms with Gasteiger partial charge in [0.2, 0.25) is 0 Å². The topological polar surface area (TPSA) is 52.5 Å². The Kier molecular flexibility index (Phi) is 2.54. The van der Waals surface area contributed by atoms with Crippen LogP contribution in [-0.4, -0.2) is 22.4 Å². The van der Waals surface area contributed by atoms with Crippen molar-refractivity contribution in [3.63, 3.8) is 0 Å². The molecule has 0 aliphatic heterocycles. The lowest BCUT2D eigenvalue weighted by atomic mass is 9.64. The van der Waals surface area contributed by atoms with Crippen molar-refractivity contribution in [2.24, 2.45) is 5.41 Å². The van der Waals surface area contributed by atoms with Crippen LogP contribution in [0.2, 0.25) is 0 Å². The summed E-state index contributed by atoms with van der Waals surface area (Å²) in [5.74, 6) is -0.985. The number of nitrogens with one attached hydrogen (secondary N) is 1. The number of rotatable bonds is 2. The maximum Gasteiger partial charge on any atom is 0.166 e. The highest BCUT2D eigenvalue weighted by Crippen LogP contribution is 2.42. The average molecular weight is 225 g/mol. The first-order chi connectivity index (χ1) is 7.41. The first-order valence-electron chi connectivity index (χ1n) is 5.34. The predicted octanol–water partition coefficient (Wildman–Crippen LogP) is 2.10. The molecule has 0 radical (unpaired) electrons. The second-order valence-corrected chi connectivity index (χ2v) is 4.94. The third-order valence-corrected chi connectivity index (χ3v) is 3.50. The number of phenolic OH excluding ortho intramolecular Hbond substituents is 1. The molecule has 0 bridgehead atoms. The van der Waals surface area contributed by atoms with Crippen molar-refractivity contribution >= 4 is 5.69 Å². The molecule has 0 amide bonds. The molecule has 4 heteroatoms. The van der Waals surface area contributed by atoms with Crippen LogP contribution in [0.5, 0.6) is 5.75 Å². The summed E-state index contributed by atoms with van der Waals surface area (Å²) in [5.41, 5.74) is 0.425. The zero-order valence-electron chi connectivity index (χ0n) is 9.37. The molecule has 1 fully saturated rings. The van der Waals surface area contributed by atoms with Gasteiger partial charge in [0.1, 0.15) is 0 Å². The second kappa shape index (κ2) is 3.63. The van der Waals surface area contributed by atoms with Gasteiger partial charge in [0.05, 0.1) is 6.10 Å². The highest BCUT2D eigenvalue weighted by atomic mass is 19.1. The van der Waals surface area contributed by atoms with Gasteiger partial charge in [-0.15, -0.1) is 0 Å². The van der Waals surface area contributed by atoms with Crippen LogP contribution in [0.4, 0.5) is 10.1 Å². The van der Waals surface area contributed by atoms with E-state index < -0.39 is 5.82 Å². The third kappa shape index (κ3) is 1.73. The number of anilines is 1. The summed E-state index contributed by atoms with van der Waals surface area (Å²) in [6.45, 7) is 3.94. The summed E-state index contributed by atoms with van der Waals surface area (Å²) in [6.07, 6.45) is 0.349. The van der Waals surface area contributed by atoms with Crippen LogP contribution in [0, 0.1) is 11.2 Å². The SMILES string of the molecule is CC1(C)C(O)CC1Nc1ccc(O)c(F)c1. The van der Waals surface area contributed by atoms with Crippen molar-refractivity contribution < 1.29 is 14.6 Å². The van der Waals surface area contributed by atoms with E-state index in [-0.39, 0.29) is 23.3 Å². The van der Waals surface area contributed by atoms with Gasteiger partial charge in [0, 0.05) is 23.2 Å². The molecule has 16 heavy (non-hydrogen) atoms. The molecule has 3 N–H and O–H groups in total. The predicted molar refractivity (Wildman–Crippen MR) is 59.9 cm³/mol. The number of hydrogen-bond acceptors (Lipinski definition) is 3. The zero-order valence-corrected chi connectivity index (χ0v) is 9.37. The minimum absolute atomic E-state index is 0.131. The number of phenols is 1. The van der Waals surface area contributed by atoms with Crippen molar-refractivity contribution in [2.75, 3.05) is 5.32 Å². The summed E-state index contributed by atoms with van der Waals surface area (Å²) in [6, 6.07) is 4.33. The summed E-state index contributed by atoms with van der Waals surface area (Å²) in [4.78, 5) is 0. The lowest BCUT2D eigenvalue weighted by Gasteiger charge is -2.49. The van der Waals surface area contributed by atoms with Gasteiger partial charge < -0.3 is 15.5 Å². The van der Waals surface area contributed by atoms with E-state index in [0.717, 1.165) is 0 Å². The van der Waals surface area contributed by atoms with Crippen LogP contribution in [0.25, 0.3) is 0 Å². The molecule has 0 heterocycles. The minimum atomic E-state index is -0.636. The summed E-state index contributed by atoms with van der Waals surface area (Å²) in [5, 5.41) is 21.8. The second-order valence-electron chi connectivity index (χ2n) is 4.94. The largest absolute Gasteiger partial charge is 0.505 e. The van der Waals surface area contributed by atoms with Gasteiger partial charge in [-0.3, -0.25) is 0 Å². The first kappa shape index (κ1) is 11.2. The number of hydrogen-bond donors (Lipinski definition) is 3. The van der Waals surface area contributed by atoms with Crippen LogP contribution < -0.4 is 5.32 Å². The van der Waals surface area contributed by atoms with E-state index in [1.165, 1.54) is 12.1 Å². The van der Waals surface area contributed by atoms with E-state index in [9.17, 15) is 9.50 Å².